The molecule has 2 aliphatic rings. The Labute approximate surface area is 170 Å². The number of nitrogens with zero attached hydrogens (tertiary/aromatic N) is 2. The molecule has 5 nitrogen and oxygen atoms in total. The van der Waals surface area contributed by atoms with Gasteiger partial charge in [0.25, 0.3) is 11.8 Å². The molecule has 2 aliphatic heterocycles. The Morgan fingerprint density at radius 1 is 0.821 bits per heavy atom. The summed E-state index contributed by atoms with van der Waals surface area (Å²) in [5.41, 5.74) is 5.52. The third-order valence-corrected chi connectivity index (χ3v) is 6.12. The molecule has 0 spiro atoms. The van der Waals surface area contributed by atoms with E-state index < -0.39 is 5.66 Å². The fraction of sp³-hybridized carbons (Fsp3) is 0.0909. The minimum absolute atomic E-state index is 0.114. The number of benzene rings is 3. The van der Waals surface area contributed by atoms with Crippen molar-refractivity contribution in [2.24, 2.45) is 0 Å². The molecule has 0 saturated carbocycles. The zero-order valence-electron chi connectivity index (χ0n) is 15.0. The number of para-hydroxylation sites is 2. The van der Waals surface area contributed by atoms with Crippen molar-refractivity contribution in [3.05, 3.63) is 94.0 Å². The molecular weight excluding hydrogens is 418 g/mol. The average molecular weight is 434 g/mol. The van der Waals surface area contributed by atoms with Gasteiger partial charge < -0.3 is 0 Å². The second-order valence-corrected chi connectivity index (χ2v) is 7.81. The van der Waals surface area contributed by atoms with Crippen LogP contribution in [0, 0.1) is 0 Å². The van der Waals surface area contributed by atoms with Gasteiger partial charge in [-0.25, -0.2) is 5.01 Å². The van der Waals surface area contributed by atoms with Crippen molar-refractivity contribution in [2.75, 3.05) is 10.3 Å². The average Bonchev–Trinajstić information content (AvgIpc) is 2.95. The first kappa shape index (κ1) is 17.0. The number of hydrogen-bond donors (Lipinski definition) is 1. The summed E-state index contributed by atoms with van der Waals surface area (Å²) in [6, 6.07) is 22.3. The van der Waals surface area contributed by atoms with Gasteiger partial charge in [-0.1, -0.05) is 42.5 Å². The first-order valence-corrected chi connectivity index (χ1v) is 9.71. The SMILES string of the molecule is CC12c3ccccc3C(=O)N1c1ccccc1C(=O)N2Nc1ccccc1Br. The molecule has 0 bridgehead atoms. The van der Waals surface area contributed by atoms with E-state index in [1.807, 2.05) is 73.7 Å². The maximum absolute atomic E-state index is 13.5. The molecule has 0 aliphatic carbocycles. The van der Waals surface area contributed by atoms with Gasteiger partial charge in [0, 0.05) is 15.6 Å². The summed E-state index contributed by atoms with van der Waals surface area (Å²) in [5.74, 6) is -0.299. The number of rotatable bonds is 2. The minimum Gasteiger partial charge on any atom is -0.292 e. The summed E-state index contributed by atoms with van der Waals surface area (Å²) in [6.45, 7) is 1.90. The maximum Gasteiger partial charge on any atom is 0.276 e. The topological polar surface area (TPSA) is 52.7 Å². The van der Waals surface area contributed by atoms with E-state index in [1.54, 1.807) is 16.0 Å². The summed E-state index contributed by atoms with van der Waals surface area (Å²) in [7, 11) is 0. The molecule has 1 N–H and O–H groups in total. The number of anilines is 2. The zero-order chi connectivity index (χ0) is 19.5. The van der Waals surface area contributed by atoms with Gasteiger partial charge in [-0.05, 0) is 53.2 Å². The number of carbonyl (C=O) groups excluding carboxylic acids is 2. The number of carbonyl (C=O) groups is 2. The van der Waals surface area contributed by atoms with Gasteiger partial charge in [0.1, 0.15) is 0 Å². The Morgan fingerprint density at radius 3 is 2.25 bits per heavy atom. The van der Waals surface area contributed by atoms with Crippen molar-refractivity contribution in [2.45, 2.75) is 12.6 Å². The summed E-state index contributed by atoms with van der Waals surface area (Å²) >= 11 is 3.53. The molecule has 0 fully saturated rings. The van der Waals surface area contributed by atoms with Gasteiger partial charge >= 0.3 is 0 Å². The highest BCUT2D eigenvalue weighted by Gasteiger charge is 2.56. The number of halogens is 1. The molecule has 0 saturated heterocycles. The molecule has 1 atom stereocenters. The van der Waals surface area contributed by atoms with Crippen molar-refractivity contribution >= 4 is 39.1 Å². The van der Waals surface area contributed by atoms with Crippen molar-refractivity contribution in [1.82, 2.24) is 5.01 Å². The lowest BCUT2D eigenvalue weighted by atomic mass is 9.95. The fourth-order valence-electron chi connectivity index (χ4n) is 4.09. The number of hydrogen-bond acceptors (Lipinski definition) is 3. The molecule has 2 heterocycles. The second kappa shape index (κ2) is 5.94. The van der Waals surface area contributed by atoms with Crippen LogP contribution < -0.4 is 10.3 Å². The van der Waals surface area contributed by atoms with Gasteiger partial charge in [-0.2, -0.15) is 0 Å². The lowest BCUT2D eigenvalue weighted by molar-refractivity contribution is 0.0547. The van der Waals surface area contributed by atoms with Gasteiger partial charge in [-0.15, -0.1) is 0 Å². The molecule has 3 aromatic rings. The smallest absolute Gasteiger partial charge is 0.276 e. The molecule has 0 radical (unpaired) electrons. The number of amides is 2. The quantitative estimate of drug-likeness (QED) is 0.633. The van der Waals surface area contributed by atoms with Crippen LogP contribution in [0.1, 0.15) is 33.2 Å². The molecule has 5 rings (SSSR count). The van der Waals surface area contributed by atoms with Gasteiger partial charge in [0.2, 0.25) is 0 Å². The van der Waals surface area contributed by atoms with Gasteiger partial charge in [-0.3, -0.25) is 19.9 Å². The molecule has 28 heavy (non-hydrogen) atoms. The Hall–Kier alpha value is -3.12. The second-order valence-electron chi connectivity index (χ2n) is 6.96. The standard InChI is InChI=1S/C22H16BrN3O2/c1-22-16-10-4-2-8-14(16)20(27)25(22)19-13-7-3-9-15(19)21(28)26(22)24-18-12-6-5-11-17(18)23/h2-13,24H,1H3. The van der Waals surface area contributed by atoms with Crippen LogP contribution in [0.15, 0.2) is 77.3 Å². The summed E-state index contributed by atoms with van der Waals surface area (Å²) < 4.78 is 0.828. The lowest BCUT2D eigenvalue weighted by Crippen LogP contribution is -2.62. The van der Waals surface area contributed by atoms with Gasteiger partial charge in [0.15, 0.2) is 5.66 Å². The summed E-state index contributed by atoms with van der Waals surface area (Å²) in [5, 5.41) is 1.55. The number of fused-ring (bicyclic) bond motifs is 5. The molecule has 3 aromatic carbocycles. The molecule has 138 valence electrons. The first-order valence-electron chi connectivity index (χ1n) is 8.92. The highest BCUT2D eigenvalue weighted by molar-refractivity contribution is 9.10. The van der Waals surface area contributed by atoms with Crippen molar-refractivity contribution in [3.8, 4) is 0 Å². The molecule has 0 aromatic heterocycles. The lowest BCUT2D eigenvalue weighted by Gasteiger charge is -2.48. The van der Waals surface area contributed by atoms with Crippen LogP contribution in [0.2, 0.25) is 0 Å². The van der Waals surface area contributed by atoms with Crippen LogP contribution in [0.5, 0.6) is 0 Å². The third kappa shape index (κ3) is 2.12. The maximum atomic E-state index is 13.5. The van der Waals surface area contributed by atoms with E-state index in [0.717, 1.165) is 15.7 Å². The minimum atomic E-state index is -0.992. The Bertz CT molecular complexity index is 1150. The molecular formula is C22H16BrN3O2. The highest BCUT2D eigenvalue weighted by atomic mass is 79.9. The van der Waals surface area contributed by atoms with E-state index >= 15 is 0 Å². The molecule has 1 unspecified atom stereocenters. The van der Waals surface area contributed by atoms with E-state index in [2.05, 4.69) is 21.4 Å². The predicted molar refractivity (Wildman–Crippen MR) is 111 cm³/mol. The third-order valence-electron chi connectivity index (χ3n) is 5.43. The van der Waals surface area contributed by atoms with Crippen molar-refractivity contribution in [3.63, 3.8) is 0 Å². The van der Waals surface area contributed by atoms with Crippen LogP contribution in [-0.2, 0) is 5.66 Å². The van der Waals surface area contributed by atoms with Crippen LogP contribution >= 0.6 is 15.9 Å². The van der Waals surface area contributed by atoms with Crippen LogP contribution in [0.4, 0.5) is 11.4 Å². The number of nitrogens with one attached hydrogen (secondary N) is 1. The fourth-order valence-corrected chi connectivity index (χ4v) is 4.46. The van der Waals surface area contributed by atoms with E-state index in [9.17, 15) is 9.59 Å². The summed E-state index contributed by atoms with van der Waals surface area (Å²) in [6.07, 6.45) is 0. The normalized spacial score (nSPS) is 19.9. The van der Waals surface area contributed by atoms with E-state index in [1.165, 1.54) is 0 Å². The summed E-state index contributed by atoms with van der Waals surface area (Å²) in [4.78, 5) is 28.5. The van der Waals surface area contributed by atoms with Crippen molar-refractivity contribution < 1.29 is 9.59 Å². The monoisotopic (exact) mass is 433 g/mol. The largest absolute Gasteiger partial charge is 0.292 e. The Balaban J connectivity index is 1.76. The van der Waals surface area contributed by atoms with Crippen LogP contribution in [0.25, 0.3) is 0 Å². The van der Waals surface area contributed by atoms with E-state index in [0.29, 0.717) is 16.8 Å². The molecule has 2 amide bonds. The predicted octanol–water partition coefficient (Wildman–Crippen LogP) is 4.77. The van der Waals surface area contributed by atoms with Gasteiger partial charge in [0.05, 0.1) is 16.9 Å². The zero-order valence-corrected chi connectivity index (χ0v) is 16.6. The van der Waals surface area contributed by atoms with E-state index in [-0.39, 0.29) is 11.8 Å². The van der Waals surface area contributed by atoms with Crippen LogP contribution in [-0.4, -0.2) is 16.8 Å². The van der Waals surface area contributed by atoms with Crippen LogP contribution in [0.3, 0.4) is 0 Å². The van der Waals surface area contributed by atoms with Crippen molar-refractivity contribution in [1.29, 1.82) is 0 Å². The Kier molecular flexibility index (Phi) is 3.61. The molecule has 6 heteroatoms. The number of hydrazine groups is 1. The first-order chi connectivity index (χ1) is 13.5. The Morgan fingerprint density at radius 2 is 1.46 bits per heavy atom. The van der Waals surface area contributed by atoms with E-state index in [4.69, 9.17) is 0 Å². The highest BCUT2D eigenvalue weighted by Crippen LogP contribution is 2.49.